The lowest BCUT2D eigenvalue weighted by atomic mass is 10.1. The van der Waals surface area contributed by atoms with Gasteiger partial charge in [0.05, 0.1) is 0 Å². The van der Waals surface area contributed by atoms with Crippen molar-refractivity contribution in [3.63, 3.8) is 0 Å². The van der Waals surface area contributed by atoms with E-state index in [0.717, 1.165) is 23.6 Å². The highest BCUT2D eigenvalue weighted by Gasteiger charge is 1.99. The number of hydrogen-bond acceptors (Lipinski definition) is 1. The zero-order chi connectivity index (χ0) is 8.97. The molecule has 0 spiro atoms. The fourth-order valence-electron chi connectivity index (χ4n) is 0.984. The van der Waals surface area contributed by atoms with Gasteiger partial charge < -0.3 is 5.32 Å². The standard InChI is InChI=1S/C9H11Cl2N/c1-12-5-4-7-2-3-8(10)6-9(7)11/h2-3,6,12H,4-5H2,1H3. The summed E-state index contributed by atoms with van der Waals surface area (Å²) < 4.78 is 0. The quantitative estimate of drug-likeness (QED) is 0.798. The summed E-state index contributed by atoms with van der Waals surface area (Å²) in [7, 11) is 1.92. The molecule has 0 aromatic heterocycles. The molecule has 0 atom stereocenters. The topological polar surface area (TPSA) is 12.0 Å². The van der Waals surface area contributed by atoms with Gasteiger partial charge in [0, 0.05) is 10.0 Å². The van der Waals surface area contributed by atoms with E-state index in [4.69, 9.17) is 23.2 Å². The van der Waals surface area contributed by atoms with Crippen molar-refractivity contribution in [3.05, 3.63) is 33.8 Å². The Hall–Kier alpha value is -0.240. The van der Waals surface area contributed by atoms with Crippen molar-refractivity contribution in [1.29, 1.82) is 0 Å². The smallest absolute Gasteiger partial charge is 0.0453 e. The van der Waals surface area contributed by atoms with Gasteiger partial charge in [-0.05, 0) is 37.7 Å². The zero-order valence-corrected chi connectivity index (χ0v) is 8.41. The monoisotopic (exact) mass is 203 g/mol. The molecule has 66 valence electrons. The van der Waals surface area contributed by atoms with E-state index < -0.39 is 0 Å². The van der Waals surface area contributed by atoms with Crippen LogP contribution in [0.4, 0.5) is 0 Å². The highest BCUT2D eigenvalue weighted by molar-refractivity contribution is 6.35. The van der Waals surface area contributed by atoms with Crippen molar-refractivity contribution in [3.8, 4) is 0 Å². The molecular weight excluding hydrogens is 193 g/mol. The van der Waals surface area contributed by atoms with Crippen molar-refractivity contribution in [2.24, 2.45) is 0 Å². The molecule has 1 aromatic rings. The third-order valence-electron chi connectivity index (χ3n) is 1.66. The predicted molar refractivity (Wildman–Crippen MR) is 54.1 cm³/mol. The molecule has 0 saturated heterocycles. The zero-order valence-electron chi connectivity index (χ0n) is 6.90. The van der Waals surface area contributed by atoms with Gasteiger partial charge >= 0.3 is 0 Å². The molecule has 0 fully saturated rings. The summed E-state index contributed by atoms with van der Waals surface area (Å²) in [5, 5.41) is 4.50. The molecule has 3 heteroatoms. The number of likely N-dealkylation sites (N-methyl/N-ethyl adjacent to an activating group) is 1. The minimum absolute atomic E-state index is 0.688. The van der Waals surface area contributed by atoms with Crippen LogP contribution in [0.2, 0.25) is 10.0 Å². The molecule has 0 aliphatic rings. The molecule has 1 N–H and O–H groups in total. The summed E-state index contributed by atoms with van der Waals surface area (Å²) in [5.74, 6) is 0. The van der Waals surface area contributed by atoms with Gasteiger partial charge in [0.1, 0.15) is 0 Å². The first-order chi connectivity index (χ1) is 5.74. The van der Waals surface area contributed by atoms with Crippen LogP contribution in [0.3, 0.4) is 0 Å². The number of rotatable bonds is 3. The minimum atomic E-state index is 0.688. The molecule has 0 aliphatic carbocycles. The van der Waals surface area contributed by atoms with Gasteiger partial charge in [-0.15, -0.1) is 0 Å². The minimum Gasteiger partial charge on any atom is -0.319 e. The van der Waals surface area contributed by atoms with Crippen LogP contribution in [-0.4, -0.2) is 13.6 Å². The van der Waals surface area contributed by atoms with Gasteiger partial charge in [0.2, 0.25) is 0 Å². The Kier molecular flexibility index (Phi) is 3.86. The third-order valence-corrected chi connectivity index (χ3v) is 2.25. The highest BCUT2D eigenvalue weighted by Crippen LogP contribution is 2.20. The van der Waals surface area contributed by atoms with Gasteiger partial charge in [-0.25, -0.2) is 0 Å². The Morgan fingerprint density at radius 1 is 1.33 bits per heavy atom. The molecular formula is C9H11Cl2N. The fraction of sp³-hybridized carbons (Fsp3) is 0.333. The molecule has 0 aliphatic heterocycles. The van der Waals surface area contributed by atoms with Crippen LogP contribution in [0.25, 0.3) is 0 Å². The molecule has 0 bridgehead atoms. The van der Waals surface area contributed by atoms with E-state index in [9.17, 15) is 0 Å². The molecule has 0 saturated carbocycles. The van der Waals surface area contributed by atoms with Crippen LogP contribution >= 0.6 is 23.2 Å². The maximum absolute atomic E-state index is 5.95. The van der Waals surface area contributed by atoms with Gasteiger partial charge in [0.15, 0.2) is 0 Å². The third kappa shape index (κ3) is 2.67. The van der Waals surface area contributed by atoms with Crippen molar-refractivity contribution < 1.29 is 0 Å². The number of halogens is 2. The summed E-state index contributed by atoms with van der Waals surface area (Å²) >= 11 is 11.7. The summed E-state index contributed by atoms with van der Waals surface area (Å²) in [4.78, 5) is 0. The van der Waals surface area contributed by atoms with E-state index in [-0.39, 0.29) is 0 Å². The van der Waals surface area contributed by atoms with Crippen molar-refractivity contribution in [2.75, 3.05) is 13.6 Å². The van der Waals surface area contributed by atoms with E-state index in [1.165, 1.54) is 0 Å². The van der Waals surface area contributed by atoms with Crippen LogP contribution < -0.4 is 5.32 Å². The fourth-order valence-corrected chi connectivity index (χ4v) is 1.49. The van der Waals surface area contributed by atoms with Crippen molar-refractivity contribution in [2.45, 2.75) is 6.42 Å². The molecule has 1 nitrogen and oxygen atoms in total. The van der Waals surface area contributed by atoms with Gasteiger partial charge in [-0.3, -0.25) is 0 Å². The van der Waals surface area contributed by atoms with Crippen LogP contribution in [0.15, 0.2) is 18.2 Å². The lowest BCUT2D eigenvalue weighted by molar-refractivity contribution is 0.792. The van der Waals surface area contributed by atoms with E-state index in [0.29, 0.717) is 5.02 Å². The first kappa shape index (κ1) is 9.85. The average Bonchev–Trinajstić information content (AvgIpc) is 2.03. The normalized spacial score (nSPS) is 10.2. The number of hydrogen-bond donors (Lipinski definition) is 1. The van der Waals surface area contributed by atoms with Crippen molar-refractivity contribution in [1.82, 2.24) is 5.32 Å². The van der Waals surface area contributed by atoms with Gasteiger partial charge in [-0.1, -0.05) is 29.3 Å². The molecule has 0 radical (unpaired) electrons. The molecule has 1 aromatic carbocycles. The molecule has 0 amide bonds. The summed E-state index contributed by atoms with van der Waals surface area (Å²) in [6.45, 7) is 0.932. The van der Waals surface area contributed by atoms with Gasteiger partial charge in [-0.2, -0.15) is 0 Å². The first-order valence-electron chi connectivity index (χ1n) is 3.82. The number of nitrogens with one attached hydrogen (secondary N) is 1. The summed E-state index contributed by atoms with van der Waals surface area (Å²) in [6, 6.07) is 5.59. The highest BCUT2D eigenvalue weighted by atomic mass is 35.5. The SMILES string of the molecule is CNCCc1ccc(Cl)cc1Cl. The maximum atomic E-state index is 5.95. The van der Waals surface area contributed by atoms with E-state index in [1.807, 2.05) is 19.2 Å². The Morgan fingerprint density at radius 3 is 2.67 bits per heavy atom. The van der Waals surface area contributed by atoms with Crippen LogP contribution in [-0.2, 0) is 6.42 Å². The van der Waals surface area contributed by atoms with E-state index >= 15 is 0 Å². The van der Waals surface area contributed by atoms with Gasteiger partial charge in [0.25, 0.3) is 0 Å². The van der Waals surface area contributed by atoms with Crippen LogP contribution in [0.5, 0.6) is 0 Å². The van der Waals surface area contributed by atoms with E-state index in [1.54, 1.807) is 6.07 Å². The second kappa shape index (κ2) is 4.70. The first-order valence-corrected chi connectivity index (χ1v) is 4.58. The summed E-state index contributed by atoms with van der Waals surface area (Å²) in [6.07, 6.45) is 0.937. The van der Waals surface area contributed by atoms with E-state index in [2.05, 4.69) is 5.32 Å². The second-order valence-corrected chi connectivity index (χ2v) is 3.43. The maximum Gasteiger partial charge on any atom is 0.0453 e. The van der Waals surface area contributed by atoms with Crippen LogP contribution in [0.1, 0.15) is 5.56 Å². The number of benzene rings is 1. The Morgan fingerprint density at radius 2 is 2.08 bits per heavy atom. The lowest BCUT2D eigenvalue weighted by Gasteiger charge is -2.03. The average molecular weight is 204 g/mol. The Bertz CT molecular complexity index is 261. The molecule has 0 unspecified atom stereocenters. The Labute approximate surface area is 82.7 Å². The van der Waals surface area contributed by atoms with Crippen molar-refractivity contribution >= 4 is 23.2 Å². The molecule has 0 heterocycles. The molecule has 12 heavy (non-hydrogen) atoms. The second-order valence-electron chi connectivity index (χ2n) is 2.59. The summed E-state index contributed by atoms with van der Waals surface area (Å²) in [5.41, 5.74) is 1.13. The Balaban J connectivity index is 2.72. The van der Waals surface area contributed by atoms with Crippen LogP contribution in [0, 0.1) is 0 Å². The lowest BCUT2D eigenvalue weighted by Crippen LogP contribution is -2.10. The molecule has 1 rings (SSSR count). The largest absolute Gasteiger partial charge is 0.319 e. The predicted octanol–water partition coefficient (Wildman–Crippen LogP) is 2.76.